The van der Waals surface area contributed by atoms with Gasteiger partial charge in [-0.3, -0.25) is 9.59 Å². The quantitative estimate of drug-likeness (QED) is 0.883. The van der Waals surface area contributed by atoms with Crippen molar-refractivity contribution in [3.05, 3.63) is 35.7 Å². The summed E-state index contributed by atoms with van der Waals surface area (Å²) in [5.41, 5.74) is 1.11. The van der Waals surface area contributed by atoms with E-state index < -0.39 is 12.1 Å². The zero-order valence-electron chi connectivity index (χ0n) is 13.4. The summed E-state index contributed by atoms with van der Waals surface area (Å²) in [6.07, 6.45) is -4.69. The maximum atomic E-state index is 12.5. The molecule has 0 aliphatic carbocycles. The number of carbonyl (C=O) groups is 2. The van der Waals surface area contributed by atoms with E-state index >= 15 is 0 Å². The highest BCUT2D eigenvalue weighted by molar-refractivity contribution is 5.83. The number of rotatable bonds is 5. The van der Waals surface area contributed by atoms with E-state index in [1.54, 1.807) is 19.2 Å². The molecule has 1 aromatic carbocycles. The van der Waals surface area contributed by atoms with Crippen molar-refractivity contribution in [2.24, 2.45) is 0 Å². The van der Waals surface area contributed by atoms with E-state index in [2.05, 4.69) is 20.0 Å². The van der Waals surface area contributed by atoms with Gasteiger partial charge >= 0.3 is 12.1 Å². The lowest BCUT2D eigenvalue weighted by atomic mass is 10.1. The fraction of sp³-hybridized carbons (Fsp3) is 0.333. The molecule has 0 aliphatic rings. The van der Waals surface area contributed by atoms with Crippen molar-refractivity contribution in [3.8, 4) is 11.4 Å². The molecule has 0 radical (unpaired) electrons. The van der Waals surface area contributed by atoms with E-state index in [9.17, 15) is 22.8 Å². The van der Waals surface area contributed by atoms with Crippen LogP contribution in [0.15, 0.2) is 28.8 Å². The SMILES string of the molecule is CC(=O)NCC(=O)N(C)Cc1ccc(-c2noc(C(F)(F)F)n2)cc1. The number of nitrogens with one attached hydrogen (secondary N) is 1. The number of hydrogen-bond donors (Lipinski definition) is 1. The second-order valence-corrected chi connectivity index (χ2v) is 5.28. The Labute approximate surface area is 140 Å². The first kappa shape index (κ1) is 18.4. The highest BCUT2D eigenvalue weighted by Gasteiger charge is 2.38. The highest BCUT2D eigenvalue weighted by Crippen LogP contribution is 2.29. The summed E-state index contributed by atoms with van der Waals surface area (Å²) in [7, 11) is 1.58. The first-order valence-corrected chi connectivity index (χ1v) is 7.15. The number of hydrogen-bond acceptors (Lipinski definition) is 5. The molecule has 1 aromatic heterocycles. The summed E-state index contributed by atoms with van der Waals surface area (Å²) in [6.45, 7) is 1.49. The number of nitrogens with zero attached hydrogens (tertiary/aromatic N) is 3. The van der Waals surface area contributed by atoms with Crippen LogP contribution in [0.4, 0.5) is 13.2 Å². The lowest BCUT2D eigenvalue weighted by Gasteiger charge is -2.17. The van der Waals surface area contributed by atoms with Crippen LogP contribution >= 0.6 is 0 Å². The number of amides is 2. The van der Waals surface area contributed by atoms with Crippen LogP contribution in [-0.4, -0.2) is 40.4 Å². The third-order valence-corrected chi connectivity index (χ3v) is 3.21. The predicted molar refractivity (Wildman–Crippen MR) is 79.9 cm³/mol. The summed E-state index contributed by atoms with van der Waals surface area (Å²) in [5.74, 6) is -2.15. The van der Waals surface area contributed by atoms with Gasteiger partial charge in [0, 0.05) is 26.1 Å². The van der Waals surface area contributed by atoms with E-state index in [0.29, 0.717) is 5.56 Å². The summed E-state index contributed by atoms with van der Waals surface area (Å²) in [4.78, 5) is 27.3. The van der Waals surface area contributed by atoms with E-state index in [0.717, 1.165) is 5.56 Å². The Morgan fingerprint density at radius 2 is 1.88 bits per heavy atom. The lowest BCUT2D eigenvalue weighted by molar-refractivity contribution is -0.159. The van der Waals surface area contributed by atoms with Crippen LogP contribution in [0.25, 0.3) is 11.4 Å². The second kappa shape index (κ2) is 7.32. The normalized spacial score (nSPS) is 11.2. The van der Waals surface area contributed by atoms with Gasteiger partial charge in [0.1, 0.15) is 0 Å². The number of alkyl halides is 3. The first-order chi connectivity index (χ1) is 11.7. The Morgan fingerprint density at radius 1 is 1.24 bits per heavy atom. The average Bonchev–Trinajstić information content (AvgIpc) is 3.03. The molecule has 2 amide bonds. The average molecular weight is 356 g/mol. The van der Waals surface area contributed by atoms with Gasteiger partial charge in [0.2, 0.25) is 17.6 Å². The molecule has 0 saturated carbocycles. The summed E-state index contributed by atoms with van der Waals surface area (Å²) < 4.78 is 41.5. The van der Waals surface area contributed by atoms with Crippen LogP contribution in [0.5, 0.6) is 0 Å². The van der Waals surface area contributed by atoms with E-state index in [1.165, 1.54) is 24.0 Å². The third-order valence-electron chi connectivity index (χ3n) is 3.21. The molecular weight excluding hydrogens is 341 g/mol. The molecule has 2 rings (SSSR count). The molecule has 2 aromatic rings. The molecule has 134 valence electrons. The second-order valence-electron chi connectivity index (χ2n) is 5.28. The predicted octanol–water partition coefficient (Wildman–Crippen LogP) is 1.85. The Morgan fingerprint density at radius 3 is 2.40 bits per heavy atom. The zero-order chi connectivity index (χ0) is 18.6. The highest BCUT2D eigenvalue weighted by atomic mass is 19.4. The molecule has 25 heavy (non-hydrogen) atoms. The van der Waals surface area contributed by atoms with Crippen molar-refractivity contribution < 1.29 is 27.3 Å². The van der Waals surface area contributed by atoms with Crippen LogP contribution < -0.4 is 5.32 Å². The van der Waals surface area contributed by atoms with Gasteiger partial charge in [0.25, 0.3) is 0 Å². The smallest absolute Gasteiger partial charge is 0.347 e. The van der Waals surface area contributed by atoms with Crippen LogP contribution in [0.2, 0.25) is 0 Å². The van der Waals surface area contributed by atoms with Gasteiger partial charge in [-0.2, -0.15) is 18.2 Å². The number of carbonyl (C=O) groups excluding carboxylic acids is 2. The Kier molecular flexibility index (Phi) is 5.40. The molecule has 10 heteroatoms. The number of benzene rings is 1. The van der Waals surface area contributed by atoms with Crippen molar-refractivity contribution in [1.82, 2.24) is 20.4 Å². The van der Waals surface area contributed by atoms with Crippen LogP contribution in [0.3, 0.4) is 0 Å². The maximum absolute atomic E-state index is 12.5. The molecular formula is C15H15F3N4O3. The van der Waals surface area contributed by atoms with Crippen molar-refractivity contribution in [2.45, 2.75) is 19.6 Å². The maximum Gasteiger partial charge on any atom is 0.471 e. The van der Waals surface area contributed by atoms with Crippen molar-refractivity contribution in [1.29, 1.82) is 0 Å². The number of aromatic nitrogens is 2. The van der Waals surface area contributed by atoms with Crippen molar-refractivity contribution >= 4 is 11.8 Å². The molecule has 0 saturated heterocycles. The minimum Gasteiger partial charge on any atom is -0.347 e. The fourth-order valence-corrected chi connectivity index (χ4v) is 1.91. The van der Waals surface area contributed by atoms with Gasteiger partial charge in [-0.05, 0) is 5.56 Å². The topological polar surface area (TPSA) is 88.3 Å². The third kappa shape index (κ3) is 5.03. The summed E-state index contributed by atoms with van der Waals surface area (Å²) >= 11 is 0. The molecule has 0 fully saturated rings. The Balaban J connectivity index is 2.01. The number of likely N-dealkylation sites (N-methyl/N-ethyl adjacent to an activating group) is 1. The van der Waals surface area contributed by atoms with E-state index in [4.69, 9.17) is 0 Å². The molecule has 0 atom stereocenters. The van der Waals surface area contributed by atoms with Gasteiger partial charge in [0.05, 0.1) is 6.54 Å². The molecule has 0 aliphatic heterocycles. The van der Waals surface area contributed by atoms with Gasteiger partial charge in [0.15, 0.2) is 0 Å². The monoisotopic (exact) mass is 356 g/mol. The molecule has 0 bridgehead atoms. The van der Waals surface area contributed by atoms with Crippen molar-refractivity contribution in [2.75, 3.05) is 13.6 Å². The van der Waals surface area contributed by atoms with Crippen LogP contribution in [0.1, 0.15) is 18.4 Å². The fourth-order valence-electron chi connectivity index (χ4n) is 1.91. The largest absolute Gasteiger partial charge is 0.471 e. The minimum atomic E-state index is -4.69. The molecule has 0 unspecified atom stereocenters. The molecule has 7 nitrogen and oxygen atoms in total. The molecule has 1 heterocycles. The summed E-state index contributed by atoms with van der Waals surface area (Å²) in [6, 6.07) is 6.35. The van der Waals surface area contributed by atoms with Crippen molar-refractivity contribution in [3.63, 3.8) is 0 Å². The molecule has 0 spiro atoms. The lowest BCUT2D eigenvalue weighted by Crippen LogP contribution is -2.36. The standard InChI is InChI=1S/C15H15F3N4O3/c1-9(23)19-7-12(24)22(2)8-10-3-5-11(6-4-10)13-20-14(25-21-13)15(16,17)18/h3-6H,7-8H2,1-2H3,(H,19,23). The van der Waals surface area contributed by atoms with Gasteiger partial charge < -0.3 is 14.7 Å². The Hall–Kier alpha value is -2.91. The Bertz CT molecular complexity index is 756. The first-order valence-electron chi connectivity index (χ1n) is 7.15. The summed E-state index contributed by atoms with van der Waals surface area (Å²) in [5, 5.41) is 5.71. The number of halogens is 3. The van der Waals surface area contributed by atoms with Crippen LogP contribution in [0, 0.1) is 0 Å². The van der Waals surface area contributed by atoms with E-state index in [-0.39, 0.29) is 30.7 Å². The van der Waals surface area contributed by atoms with Gasteiger partial charge in [-0.15, -0.1) is 0 Å². The van der Waals surface area contributed by atoms with Crippen LogP contribution in [-0.2, 0) is 22.3 Å². The van der Waals surface area contributed by atoms with E-state index in [1.807, 2.05) is 0 Å². The van der Waals surface area contributed by atoms with Gasteiger partial charge in [-0.25, -0.2) is 0 Å². The minimum absolute atomic E-state index is 0.104. The molecule has 1 N–H and O–H groups in total. The zero-order valence-corrected chi connectivity index (χ0v) is 13.4. The van der Waals surface area contributed by atoms with Gasteiger partial charge in [-0.1, -0.05) is 29.4 Å².